The van der Waals surface area contributed by atoms with E-state index in [1.807, 2.05) is 31.3 Å². The number of carbonyl (C=O) groups is 1. The minimum absolute atomic E-state index is 0.0202. The molecule has 1 N–H and O–H groups in total. The molecule has 1 aliphatic rings. The van der Waals surface area contributed by atoms with Crippen molar-refractivity contribution < 1.29 is 19.4 Å². The summed E-state index contributed by atoms with van der Waals surface area (Å²) in [6, 6.07) is 7.76. The van der Waals surface area contributed by atoms with Gasteiger partial charge < -0.3 is 19.5 Å². The number of aliphatic carboxylic acids is 1. The third-order valence-corrected chi connectivity index (χ3v) is 3.37. The highest BCUT2D eigenvalue weighted by Crippen LogP contribution is 2.23. The number of anilines is 1. The molecular weight excluding hydrogens is 246 g/mol. The molecule has 2 rings (SSSR count). The van der Waals surface area contributed by atoms with E-state index in [1.54, 1.807) is 7.11 Å². The Morgan fingerprint density at radius 2 is 2.11 bits per heavy atom. The number of carboxylic acids is 1. The molecule has 1 aromatic carbocycles. The van der Waals surface area contributed by atoms with Crippen LogP contribution in [-0.4, -0.2) is 44.0 Å². The third-order valence-electron chi connectivity index (χ3n) is 3.37. The minimum Gasteiger partial charge on any atom is -0.497 e. The second-order valence-corrected chi connectivity index (χ2v) is 4.74. The summed E-state index contributed by atoms with van der Waals surface area (Å²) in [5.41, 5.74) is 1.06. The number of ether oxygens (including phenoxy) is 2. The van der Waals surface area contributed by atoms with E-state index in [4.69, 9.17) is 14.6 Å². The molecule has 0 aromatic heterocycles. The van der Waals surface area contributed by atoms with Crippen molar-refractivity contribution in [3.8, 4) is 5.75 Å². The summed E-state index contributed by atoms with van der Waals surface area (Å²) in [7, 11) is 3.61. The van der Waals surface area contributed by atoms with Gasteiger partial charge in [-0.15, -0.1) is 0 Å². The first-order chi connectivity index (χ1) is 9.10. The number of likely N-dealkylation sites (N-methyl/N-ethyl adjacent to an activating group) is 1. The minimum atomic E-state index is -0.866. The monoisotopic (exact) mass is 265 g/mol. The summed E-state index contributed by atoms with van der Waals surface area (Å²) in [6.45, 7) is 0.691. The Labute approximate surface area is 112 Å². The van der Waals surface area contributed by atoms with Crippen LogP contribution in [0, 0.1) is 0 Å². The van der Waals surface area contributed by atoms with Crippen molar-refractivity contribution in [2.45, 2.75) is 25.0 Å². The lowest BCUT2D eigenvalue weighted by atomic mass is 10.2. The molecule has 104 valence electrons. The molecule has 1 aromatic rings. The molecule has 2 unspecified atom stereocenters. The molecule has 0 aliphatic carbocycles. The molecule has 1 fully saturated rings. The number of benzene rings is 1. The Bertz CT molecular complexity index is 432. The van der Waals surface area contributed by atoms with Gasteiger partial charge in [-0.25, -0.2) is 4.79 Å². The third kappa shape index (κ3) is 3.38. The van der Waals surface area contributed by atoms with Crippen LogP contribution in [-0.2, 0) is 9.53 Å². The lowest BCUT2D eigenvalue weighted by Crippen LogP contribution is -2.30. The number of hydrogen-bond donors (Lipinski definition) is 1. The Balaban J connectivity index is 1.90. The number of carboxylic acid groups (broad SMARTS) is 1. The Morgan fingerprint density at radius 3 is 2.63 bits per heavy atom. The zero-order valence-electron chi connectivity index (χ0n) is 11.2. The van der Waals surface area contributed by atoms with E-state index in [0.29, 0.717) is 13.0 Å². The van der Waals surface area contributed by atoms with Crippen LogP contribution in [0.25, 0.3) is 0 Å². The van der Waals surface area contributed by atoms with Crippen LogP contribution < -0.4 is 9.64 Å². The van der Waals surface area contributed by atoms with Gasteiger partial charge >= 0.3 is 5.97 Å². The molecular formula is C14H19NO4. The fourth-order valence-corrected chi connectivity index (χ4v) is 2.27. The molecule has 0 saturated carbocycles. The van der Waals surface area contributed by atoms with E-state index in [0.717, 1.165) is 17.9 Å². The van der Waals surface area contributed by atoms with Gasteiger partial charge in [0.15, 0.2) is 6.10 Å². The van der Waals surface area contributed by atoms with Gasteiger partial charge in [0.2, 0.25) is 0 Å². The standard InChI is InChI=1S/C14H19NO4/c1-15(10-3-5-11(18-2)6-4-10)9-12-7-8-13(19-12)14(16)17/h3-6,12-13H,7-9H2,1-2H3,(H,16,17). The van der Waals surface area contributed by atoms with Crippen LogP contribution in [0.15, 0.2) is 24.3 Å². The van der Waals surface area contributed by atoms with Gasteiger partial charge in [0.1, 0.15) is 5.75 Å². The van der Waals surface area contributed by atoms with Crippen LogP contribution in [0.3, 0.4) is 0 Å². The van der Waals surface area contributed by atoms with Gasteiger partial charge in [-0.05, 0) is 37.1 Å². The lowest BCUT2D eigenvalue weighted by molar-refractivity contribution is -0.149. The predicted octanol–water partition coefficient (Wildman–Crippen LogP) is 1.76. The normalized spacial score (nSPS) is 22.2. The first-order valence-electron chi connectivity index (χ1n) is 6.33. The van der Waals surface area contributed by atoms with Crippen LogP contribution in [0.5, 0.6) is 5.75 Å². The maximum atomic E-state index is 10.8. The zero-order valence-corrected chi connectivity index (χ0v) is 11.2. The molecule has 0 radical (unpaired) electrons. The Kier molecular flexibility index (Phi) is 4.27. The van der Waals surface area contributed by atoms with Crippen molar-refractivity contribution in [1.82, 2.24) is 0 Å². The first kappa shape index (κ1) is 13.7. The van der Waals surface area contributed by atoms with E-state index in [1.165, 1.54) is 0 Å². The van der Waals surface area contributed by atoms with Gasteiger partial charge in [0.05, 0.1) is 13.2 Å². The number of nitrogens with zero attached hydrogens (tertiary/aromatic N) is 1. The first-order valence-corrected chi connectivity index (χ1v) is 6.33. The highest BCUT2D eigenvalue weighted by atomic mass is 16.5. The van der Waals surface area contributed by atoms with Crippen LogP contribution >= 0.6 is 0 Å². The van der Waals surface area contributed by atoms with Gasteiger partial charge in [-0.1, -0.05) is 0 Å². The second-order valence-electron chi connectivity index (χ2n) is 4.74. The van der Waals surface area contributed by atoms with E-state index in [2.05, 4.69) is 4.90 Å². The van der Waals surface area contributed by atoms with Crippen LogP contribution in [0.4, 0.5) is 5.69 Å². The van der Waals surface area contributed by atoms with Crippen molar-refractivity contribution in [2.75, 3.05) is 25.6 Å². The Morgan fingerprint density at radius 1 is 1.42 bits per heavy atom. The maximum absolute atomic E-state index is 10.8. The predicted molar refractivity (Wildman–Crippen MR) is 71.8 cm³/mol. The zero-order chi connectivity index (χ0) is 13.8. The molecule has 0 bridgehead atoms. The molecule has 19 heavy (non-hydrogen) atoms. The molecule has 2 atom stereocenters. The van der Waals surface area contributed by atoms with Crippen molar-refractivity contribution in [3.63, 3.8) is 0 Å². The van der Waals surface area contributed by atoms with Crippen molar-refractivity contribution in [1.29, 1.82) is 0 Å². The van der Waals surface area contributed by atoms with E-state index in [9.17, 15) is 4.79 Å². The molecule has 5 heteroatoms. The van der Waals surface area contributed by atoms with Gasteiger partial charge in [0, 0.05) is 19.3 Å². The molecule has 5 nitrogen and oxygen atoms in total. The van der Waals surface area contributed by atoms with E-state index in [-0.39, 0.29) is 6.10 Å². The molecule has 1 aliphatic heterocycles. The summed E-state index contributed by atoms with van der Waals surface area (Å²) in [5, 5.41) is 8.89. The molecule has 0 spiro atoms. The van der Waals surface area contributed by atoms with Gasteiger partial charge in [-0.3, -0.25) is 0 Å². The van der Waals surface area contributed by atoms with Crippen molar-refractivity contribution in [2.24, 2.45) is 0 Å². The second kappa shape index (κ2) is 5.93. The molecule has 1 heterocycles. The lowest BCUT2D eigenvalue weighted by Gasteiger charge is -2.23. The topological polar surface area (TPSA) is 59.0 Å². The maximum Gasteiger partial charge on any atom is 0.332 e. The highest BCUT2D eigenvalue weighted by molar-refractivity contribution is 5.72. The highest BCUT2D eigenvalue weighted by Gasteiger charge is 2.30. The molecule has 1 saturated heterocycles. The smallest absolute Gasteiger partial charge is 0.332 e. The SMILES string of the molecule is COc1ccc(N(C)CC2CCC(C(=O)O)O2)cc1. The van der Waals surface area contributed by atoms with Crippen molar-refractivity contribution >= 4 is 11.7 Å². The average molecular weight is 265 g/mol. The number of rotatable bonds is 5. The van der Waals surface area contributed by atoms with Gasteiger partial charge in [0.25, 0.3) is 0 Å². The summed E-state index contributed by atoms with van der Waals surface area (Å²) < 4.78 is 10.6. The fourth-order valence-electron chi connectivity index (χ4n) is 2.27. The molecule has 0 amide bonds. The quantitative estimate of drug-likeness (QED) is 0.879. The van der Waals surface area contributed by atoms with Crippen molar-refractivity contribution in [3.05, 3.63) is 24.3 Å². The fraction of sp³-hybridized carbons (Fsp3) is 0.500. The number of methoxy groups -OCH3 is 1. The van der Waals surface area contributed by atoms with Crippen LogP contribution in [0.2, 0.25) is 0 Å². The summed E-state index contributed by atoms with van der Waals surface area (Å²) in [4.78, 5) is 12.9. The summed E-state index contributed by atoms with van der Waals surface area (Å²) >= 11 is 0. The van der Waals surface area contributed by atoms with Gasteiger partial charge in [-0.2, -0.15) is 0 Å². The van der Waals surface area contributed by atoms with E-state index >= 15 is 0 Å². The van der Waals surface area contributed by atoms with E-state index < -0.39 is 12.1 Å². The number of hydrogen-bond acceptors (Lipinski definition) is 4. The summed E-state index contributed by atoms with van der Waals surface area (Å²) in [5.74, 6) is -0.0465. The average Bonchev–Trinajstić information content (AvgIpc) is 2.87. The summed E-state index contributed by atoms with van der Waals surface area (Å²) in [6.07, 6.45) is 0.718. The van der Waals surface area contributed by atoms with Crippen LogP contribution in [0.1, 0.15) is 12.8 Å². The largest absolute Gasteiger partial charge is 0.497 e. The Hall–Kier alpha value is -1.75.